The van der Waals surface area contributed by atoms with Crippen molar-refractivity contribution in [2.75, 3.05) is 4.90 Å². The minimum Gasteiger partial charge on any atom is -0.478 e. The number of rotatable bonds is 3. The highest BCUT2D eigenvalue weighted by atomic mass is 16.5. The molecule has 0 saturated carbocycles. The molecule has 0 atom stereocenters. The van der Waals surface area contributed by atoms with Gasteiger partial charge in [0.05, 0.1) is 11.4 Å². The second kappa shape index (κ2) is 5.93. The summed E-state index contributed by atoms with van der Waals surface area (Å²) in [4.78, 5) is 25.1. The SMILES string of the molecule is O=C(O)c1cccc2c1Oc1c(C(=O)O)cccc1N2c1ccccc1. The number of nitrogens with zero attached hydrogens (tertiary/aromatic N) is 1. The zero-order valence-corrected chi connectivity index (χ0v) is 13.4. The Bertz CT molecular complexity index is 966. The normalized spacial score (nSPS) is 11.9. The van der Waals surface area contributed by atoms with Crippen LogP contribution in [0.15, 0.2) is 66.7 Å². The zero-order valence-electron chi connectivity index (χ0n) is 13.4. The smallest absolute Gasteiger partial charge is 0.339 e. The van der Waals surface area contributed by atoms with E-state index in [1.54, 1.807) is 29.2 Å². The molecule has 26 heavy (non-hydrogen) atoms. The molecule has 2 N–H and O–H groups in total. The highest BCUT2D eigenvalue weighted by Crippen LogP contribution is 2.52. The maximum absolute atomic E-state index is 11.6. The third kappa shape index (κ3) is 2.36. The third-order valence-electron chi connectivity index (χ3n) is 4.15. The van der Waals surface area contributed by atoms with Gasteiger partial charge in [-0.15, -0.1) is 0 Å². The highest BCUT2D eigenvalue weighted by molar-refractivity contribution is 6.01. The minimum atomic E-state index is -1.15. The lowest BCUT2D eigenvalue weighted by atomic mass is 10.0. The number of hydrogen-bond donors (Lipinski definition) is 2. The highest BCUT2D eigenvalue weighted by Gasteiger charge is 2.32. The van der Waals surface area contributed by atoms with E-state index in [-0.39, 0.29) is 22.6 Å². The number of carboxylic acids is 2. The van der Waals surface area contributed by atoms with Gasteiger partial charge in [-0.05, 0) is 36.4 Å². The van der Waals surface area contributed by atoms with E-state index in [4.69, 9.17) is 4.74 Å². The second-order valence-corrected chi connectivity index (χ2v) is 5.69. The van der Waals surface area contributed by atoms with Crippen LogP contribution in [0.1, 0.15) is 20.7 Å². The molecule has 1 heterocycles. The molecule has 0 spiro atoms. The first-order valence-corrected chi connectivity index (χ1v) is 7.83. The van der Waals surface area contributed by atoms with Gasteiger partial charge in [0.1, 0.15) is 11.1 Å². The summed E-state index contributed by atoms with van der Waals surface area (Å²) in [6.07, 6.45) is 0. The summed E-state index contributed by atoms with van der Waals surface area (Å²) in [6, 6.07) is 18.9. The van der Waals surface area contributed by atoms with Gasteiger partial charge in [0.2, 0.25) is 0 Å². The van der Waals surface area contributed by atoms with Gasteiger partial charge in [-0.25, -0.2) is 9.59 Å². The van der Waals surface area contributed by atoms with Crippen LogP contribution < -0.4 is 9.64 Å². The molecule has 0 amide bonds. The first kappa shape index (κ1) is 15.7. The lowest BCUT2D eigenvalue weighted by Gasteiger charge is -2.34. The van der Waals surface area contributed by atoms with Crippen LogP contribution in [0.25, 0.3) is 0 Å². The standard InChI is InChI=1S/C20H13NO5/c22-19(23)13-8-4-10-15-17(13)26-18-14(20(24)25)9-5-11-16(18)21(15)12-6-2-1-3-7-12/h1-11H,(H,22,23)(H,24,25). The van der Waals surface area contributed by atoms with Crippen molar-refractivity contribution in [1.82, 2.24) is 0 Å². The minimum absolute atomic E-state index is 0.0331. The van der Waals surface area contributed by atoms with Gasteiger partial charge in [-0.3, -0.25) is 0 Å². The van der Waals surface area contributed by atoms with Crippen LogP contribution in [0.3, 0.4) is 0 Å². The fraction of sp³-hybridized carbons (Fsp3) is 0. The molecule has 6 heteroatoms. The van der Waals surface area contributed by atoms with E-state index >= 15 is 0 Å². The van der Waals surface area contributed by atoms with Gasteiger partial charge in [0, 0.05) is 5.69 Å². The quantitative estimate of drug-likeness (QED) is 0.560. The number of hydrogen-bond acceptors (Lipinski definition) is 4. The summed E-state index contributed by atoms with van der Waals surface area (Å²) in [7, 11) is 0. The van der Waals surface area contributed by atoms with Crippen LogP contribution in [-0.4, -0.2) is 22.2 Å². The molecule has 0 aliphatic carbocycles. The predicted octanol–water partition coefficient (Wildman–Crippen LogP) is 4.66. The molecule has 0 radical (unpaired) electrons. The fourth-order valence-electron chi connectivity index (χ4n) is 3.04. The lowest BCUT2D eigenvalue weighted by Crippen LogP contribution is -2.19. The molecule has 1 aliphatic heterocycles. The van der Waals surface area contributed by atoms with Crippen molar-refractivity contribution in [2.24, 2.45) is 0 Å². The number of para-hydroxylation sites is 3. The molecule has 6 nitrogen and oxygen atoms in total. The Balaban J connectivity index is 2.04. The number of anilines is 3. The van der Waals surface area contributed by atoms with Gasteiger partial charge < -0.3 is 19.8 Å². The molecule has 3 aromatic carbocycles. The van der Waals surface area contributed by atoms with Gasteiger partial charge in [0.25, 0.3) is 0 Å². The fourth-order valence-corrected chi connectivity index (χ4v) is 3.04. The van der Waals surface area contributed by atoms with E-state index in [0.29, 0.717) is 11.4 Å². The molecule has 0 unspecified atom stereocenters. The summed E-state index contributed by atoms with van der Waals surface area (Å²) in [5.41, 5.74) is 1.77. The molecule has 0 bridgehead atoms. The first-order valence-electron chi connectivity index (χ1n) is 7.83. The summed E-state index contributed by atoms with van der Waals surface area (Å²) >= 11 is 0. The average Bonchev–Trinajstić information content (AvgIpc) is 2.65. The van der Waals surface area contributed by atoms with Gasteiger partial charge in [0.15, 0.2) is 11.5 Å². The van der Waals surface area contributed by atoms with E-state index in [2.05, 4.69) is 0 Å². The molecule has 0 fully saturated rings. The Labute approximate surface area is 148 Å². The van der Waals surface area contributed by atoms with Crippen molar-refractivity contribution in [3.05, 3.63) is 77.9 Å². The van der Waals surface area contributed by atoms with Gasteiger partial charge in [-0.1, -0.05) is 30.3 Å². The Morgan fingerprint density at radius 1 is 0.692 bits per heavy atom. The van der Waals surface area contributed by atoms with Crippen molar-refractivity contribution in [2.45, 2.75) is 0 Å². The van der Waals surface area contributed by atoms with Crippen molar-refractivity contribution >= 4 is 29.0 Å². The van der Waals surface area contributed by atoms with Gasteiger partial charge >= 0.3 is 11.9 Å². The van der Waals surface area contributed by atoms with Crippen molar-refractivity contribution in [3.8, 4) is 11.5 Å². The maximum atomic E-state index is 11.6. The molecule has 0 aromatic heterocycles. The molecular weight excluding hydrogens is 334 g/mol. The van der Waals surface area contributed by atoms with Crippen LogP contribution in [-0.2, 0) is 0 Å². The van der Waals surface area contributed by atoms with Crippen LogP contribution in [0.5, 0.6) is 11.5 Å². The van der Waals surface area contributed by atoms with E-state index in [1.807, 2.05) is 30.3 Å². The Kier molecular flexibility index (Phi) is 3.58. The average molecular weight is 347 g/mol. The van der Waals surface area contributed by atoms with Crippen LogP contribution in [0, 0.1) is 0 Å². The van der Waals surface area contributed by atoms with Crippen molar-refractivity contribution < 1.29 is 24.5 Å². The van der Waals surface area contributed by atoms with Crippen LogP contribution in [0.2, 0.25) is 0 Å². The van der Waals surface area contributed by atoms with E-state index in [0.717, 1.165) is 5.69 Å². The Hall–Kier alpha value is -3.80. The summed E-state index contributed by atoms with van der Waals surface area (Å²) in [5, 5.41) is 19.0. The molecule has 4 rings (SSSR count). The first-order chi connectivity index (χ1) is 12.6. The topological polar surface area (TPSA) is 87.1 Å². The maximum Gasteiger partial charge on any atom is 0.339 e. The second-order valence-electron chi connectivity index (χ2n) is 5.69. The third-order valence-corrected chi connectivity index (χ3v) is 4.15. The Morgan fingerprint density at radius 2 is 1.19 bits per heavy atom. The van der Waals surface area contributed by atoms with Crippen molar-refractivity contribution in [3.63, 3.8) is 0 Å². The van der Waals surface area contributed by atoms with Gasteiger partial charge in [-0.2, -0.15) is 0 Å². The molecule has 1 aliphatic rings. The van der Waals surface area contributed by atoms with Crippen LogP contribution in [0.4, 0.5) is 17.1 Å². The number of aromatic carboxylic acids is 2. The monoisotopic (exact) mass is 347 g/mol. The summed E-state index contributed by atoms with van der Waals surface area (Å²) in [5.74, 6) is -2.06. The summed E-state index contributed by atoms with van der Waals surface area (Å²) < 4.78 is 5.81. The molecule has 3 aromatic rings. The Morgan fingerprint density at radius 3 is 1.65 bits per heavy atom. The molecular formula is C20H13NO5. The summed E-state index contributed by atoms with van der Waals surface area (Å²) in [6.45, 7) is 0. The van der Waals surface area contributed by atoms with E-state index < -0.39 is 11.9 Å². The van der Waals surface area contributed by atoms with E-state index in [1.165, 1.54) is 12.1 Å². The van der Waals surface area contributed by atoms with E-state index in [9.17, 15) is 19.8 Å². The molecule has 128 valence electrons. The number of carbonyl (C=O) groups is 2. The number of benzene rings is 3. The number of fused-ring (bicyclic) bond motifs is 2. The van der Waals surface area contributed by atoms with Crippen LogP contribution >= 0.6 is 0 Å². The predicted molar refractivity (Wildman–Crippen MR) is 95.1 cm³/mol. The largest absolute Gasteiger partial charge is 0.478 e. The number of ether oxygens (including phenoxy) is 1. The zero-order chi connectivity index (χ0) is 18.3. The van der Waals surface area contributed by atoms with Crippen molar-refractivity contribution in [1.29, 1.82) is 0 Å². The number of carboxylic acid groups (broad SMARTS) is 2. The lowest BCUT2D eigenvalue weighted by molar-refractivity contribution is 0.0687. The molecule has 0 saturated heterocycles.